The summed E-state index contributed by atoms with van der Waals surface area (Å²) in [5, 5.41) is 23.7. The highest BCUT2D eigenvalue weighted by Crippen LogP contribution is 2.22. The van der Waals surface area contributed by atoms with Crippen molar-refractivity contribution in [3.8, 4) is 0 Å². The average Bonchev–Trinajstić information content (AvgIpc) is 2.81. The molecule has 0 spiro atoms. The molecule has 1 aromatic carbocycles. The molecule has 1 amide bonds. The quantitative estimate of drug-likeness (QED) is 0.623. The van der Waals surface area contributed by atoms with Gasteiger partial charge in [0.1, 0.15) is 0 Å². The van der Waals surface area contributed by atoms with Crippen molar-refractivity contribution in [3.63, 3.8) is 0 Å². The third kappa shape index (κ3) is 2.85. The van der Waals surface area contributed by atoms with Crippen LogP contribution < -0.4 is 10.6 Å². The Morgan fingerprint density at radius 2 is 2.16 bits per heavy atom. The number of amides is 1. The number of anilines is 1. The monoisotopic (exact) mass is 264 g/mol. The van der Waals surface area contributed by atoms with E-state index < -0.39 is 24.0 Å². The van der Waals surface area contributed by atoms with Crippen molar-refractivity contribution >= 4 is 17.6 Å². The summed E-state index contributed by atoms with van der Waals surface area (Å²) >= 11 is 0. The summed E-state index contributed by atoms with van der Waals surface area (Å²) in [6, 6.07) is 3.87. The molecule has 0 radical (unpaired) electrons. The first kappa shape index (κ1) is 13.4. The van der Waals surface area contributed by atoms with Gasteiger partial charge >= 0.3 is 5.97 Å². The fourth-order valence-corrected chi connectivity index (χ4v) is 2.06. The molecule has 0 unspecified atom stereocenters. The maximum Gasteiger partial charge on any atom is 0.328 e. The number of aliphatic carboxylic acids is 1. The average molecular weight is 264 g/mol. The molecule has 19 heavy (non-hydrogen) atoms. The van der Waals surface area contributed by atoms with Gasteiger partial charge in [-0.05, 0) is 37.1 Å². The van der Waals surface area contributed by atoms with E-state index in [-0.39, 0.29) is 0 Å². The van der Waals surface area contributed by atoms with E-state index >= 15 is 0 Å². The van der Waals surface area contributed by atoms with Crippen LogP contribution in [0.25, 0.3) is 0 Å². The normalized spacial score (nSPS) is 16.1. The number of benzene rings is 1. The van der Waals surface area contributed by atoms with Crippen molar-refractivity contribution in [2.75, 3.05) is 11.9 Å². The van der Waals surface area contributed by atoms with Gasteiger partial charge in [0.2, 0.25) is 0 Å². The fraction of sp³-hybridized carbons (Fsp3) is 0.385. The van der Waals surface area contributed by atoms with Crippen molar-refractivity contribution in [2.45, 2.75) is 25.5 Å². The molecule has 0 saturated heterocycles. The molecule has 0 aliphatic carbocycles. The van der Waals surface area contributed by atoms with E-state index in [0.29, 0.717) is 5.56 Å². The van der Waals surface area contributed by atoms with Crippen LogP contribution >= 0.6 is 0 Å². The molecular weight excluding hydrogens is 248 g/mol. The van der Waals surface area contributed by atoms with E-state index in [1.54, 1.807) is 18.2 Å². The second-order valence-electron chi connectivity index (χ2n) is 4.58. The Kier molecular flexibility index (Phi) is 3.71. The third-order valence-electron chi connectivity index (χ3n) is 3.11. The molecule has 1 aliphatic heterocycles. The van der Waals surface area contributed by atoms with Gasteiger partial charge in [-0.3, -0.25) is 4.79 Å². The van der Waals surface area contributed by atoms with Gasteiger partial charge in [-0.2, -0.15) is 0 Å². The van der Waals surface area contributed by atoms with Crippen molar-refractivity contribution in [1.29, 1.82) is 0 Å². The van der Waals surface area contributed by atoms with Gasteiger partial charge in [0.15, 0.2) is 6.04 Å². The molecule has 102 valence electrons. The van der Waals surface area contributed by atoms with Gasteiger partial charge < -0.3 is 20.8 Å². The number of carboxylic acids is 1. The second kappa shape index (κ2) is 5.27. The van der Waals surface area contributed by atoms with Crippen LogP contribution in [0.15, 0.2) is 18.2 Å². The van der Waals surface area contributed by atoms with E-state index in [1.807, 2.05) is 0 Å². The summed E-state index contributed by atoms with van der Waals surface area (Å²) in [5.74, 6) is -1.76. The largest absolute Gasteiger partial charge is 0.480 e. The number of hydrogen-bond donors (Lipinski definition) is 4. The number of nitrogens with one attached hydrogen (secondary N) is 2. The molecular formula is C13H16N2O4. The van der Waals surface area contributed by atoms with E-state index in [0.717, 1.165) is 24.2 Å². The van der Waals surface area contributed by atoms with Crippen LogP contribution in [0.4, 0.5) is 5.69 Å². The molecule has 0 bridgehead atoms. The summed E-state index contributed by atoms with van der Waals surface area (Å²) < 4.78 is 0. The Hall–Kier alpha value is -2.08. The summed E-state index contributed by atoms with van der Waals surface area (Å²) in [6.07, 6.45) is -0.313. The first-order valence-electron chi connectivity index (χ1n) is 6.07. The fourth-order valence-electron chi connectivity index (χ4n) is 2.06. The molecule has 0 aromatic heterocycles. The Bertz CT molecular complexity index is 513. The van der Waals surface area contributed by atoms with Crippen LogP contribution in [0.5, 0.6) is 0 Å². The van der Waals surface area contributed by atoms with Crippen molar-refractivity contribution < 1.29 is 19.8 Å². The summed E-state index contributed by atoms with van der Waals surface area (Å²) in [6.45, 7) is 2.16. The van der Waals surface area contributed by atoms with Gasteiger partial charge in [0.05, 0.1) is 6.10 Å². The molecule has 4 N–H and O–H groups in total. The van der Waals surface area contributed by atoms with Crippen LogP contribution in [-0.2, 0) is 11.2 Å². The predicted octanol–water partition coefficient (Wildman–Crippen LogP) is 0.218. The SMILES string of the molecule is C[C@@H](O)[C@H](NC(=O)c1ccc2c(c1)CCN2)C(=O)O. The molecule has 6 nitrogen and oxygen atoms in total. The van der Waals surface area contributed by atoms with Crippen LogP contribution in [0.1, 0.15) is 22.8 Å². The van der Waals surface area contributed by atoms with Crippen molar-refractivity contribution in [2.24, 2.45) is 0 Å². The standard InChI is InChI=1S/C13H16N2O4/c1-7(16)11(13(18)19)15-12(17)9-2-3-10-8(6-9)4-5-14-10/h2-3,6-7,11,14,16H,4-5H2,1H3,(H,15,17)(H,18,19)/t7-,11+/m1/s1. The van der Waals surface area contributed by atoms with Crippen molar-refractivity contribution in [1.82, 2.24) is 5.32 Å². The molecule has 1 aliphatic rings. The van der Waals surface area contributed by atoms with Gasteiger partial charge in [-0.15, -0.1) is 0 Å². The molecule has 0 saturated carbocycles. The number of fused-ring (bicyclic) bond motifs is 1. The van der Waals surface area contributed by atoms with E-state index in [1.165, 1.54) is 6.92 Å². The molecule has 2 rings (SSSR count). The number of carbonyl (C=O) groups is 2. The molecule has 1 aromatic rings. The first-order valence-corrected chi connectivity index (χ1v) is 6.07. The maximum absolute atomic E-state index is 12.0. The number of carbonyl (C=O) groups excluding carboxylic acids is 1. The Morgan fingerprint density at radius 1 is 1.42 bits per heavy atom. The van der Waals surface area contributed by atoms with Crippen molar-refractivity contribution in [3.05, 3.63) is 29.3 Å². The van der Waals surface area contributed by atoms with Crippen LogP contribution in [0.2, 0.25) is 0 Å². The lowest BCUT2D eigenvalue weighted by Gasteiger charge is -2.17. The third-order valence-corrected chi connectivity index (χ3v) is 3.11. The molecule has 2 atom stereocenters. The zero-order valence-corrected chi connectivity index (χ0v) is 10.5. The molecule has 6 heteroatoms. The number of hydrogen-bond acceptors (Lipinski definition) is 4. The minimum atomic E-state index is -1.31. The lowest BCUT2D eigenvalue weighted by Crippen LogP contribution is -2.47. The summed E-state index contributed by atoms with van der Waals surface area (Å²) in [7, 11) is 0. The summed E-state index contributed by atoms with van der Waals surface area (Å²) in [5.41, 5.74) is 2.44. The zero-order valence-electron chi connectivity index (χ0n) is 10.5. The Balaban J connectivity index is 2.13. The second-order valence-corrected chi connectivity index (χ2v) is 4.58. The minimum Gasteiger partial charge on any atom is -0.480 e. The topological polar surface area (TPSA) is 98.7 Å². The zero-order chi connectivity index (χ0) is 14.0. The van der Waals surface area contributed by atoms with Gasteiger partial charge in [-0.25, -0.2) is 4.79 Å². The number of rotatable bonds is 4. The Morgan fingerprint density at radius 3 is 2.79 bits per heavy atom. The smallest absolute Gasteiger partial charge is 0.328 e. The maximum atomic E-state index is 12.0. The minimum absolute atomic E-state index is 0.398. The van der Waals surface area contributed by atoms with E-state index in [9.17, 15) is 14.7 Å². The first-order chi connectivity index (χ1) is 8.99. The predicted molar refractivity (Wildman–Crippen MR) is 69.2 cm³/mol. The number of aliphatic hydroxyl groups is 1. The highest BCUT2D eigenvalue weighted by molar-refractivity contribution is 5.97. The number of carboxylic acid groups (broad SMARTS) is 1. The van der Waals surface area contributed by atoms with Gasteiger partial charge in [0, 0.05) is 17.8 Å². The van der Waals surface area contributed by atoms with Crippen LogP contribution in [0, 0.1) is 0 Å². The number of aliphatic hydroxyl groups excluding tert-OH is 1. The van der Waals surface area contributed by atoms with Gasteiger partial charge in [0.25, 0.3) is 5.91 Å². The van der Waals surface area contributed by atoms with Crippen LogP contribution in [-0.4, -0.2) is 40.8 Å². The lowest BCUT2D eigenvalue weighted by molar-refractivity contribution is -0.141. The molecule has 1 heterocycles. The van der Waals surface area contributed by atoms with E-state index in [4.69, 9.17) is 5.11 Å². The Labute approximate surface area is 110 Å². The summed E-state index contributed by atoms with van der Waals surface area (Å²) in [4.78, 5) is 22.9. The molecule has 0 fully saturated rings. The highest BCUT2D eigenvalue weighted by Gasteiger charge is 2.25. The lowest BCUT2D eigenvalue weighted by atomic mass is 10.1. The van der Waals surface area contributed by atoms with E-state index in [2.05, 4.69) is 10.6 Å². The van der Waals surface area contributed by atoms with Crippen LogP contribution in [0.3, 0.4) is 0 Å². The highest BCUT2D eigenvalue weighted by atomic mass is 16.4. The van der Waals surface area contributed by atoms with Gasteiger partial charge in [-0.1, -0.05) is 0 Å².